The second-order valence-corrected chi connectivity index (χ2v) is 5.65. The minimum Gasteiger partial charge on any atom is -0.350 e. The standard InChI is InChI=1S/C11H15F2NO/c1-9(2-3-9)10(4-5-10)14-8(15)7-6-11(7,12)13/h7H,2-6H2,1H3,(H,14,15). The number of carbonyl (C=O) groups excluding carboxylic acids is 1. The quantitative estimate of drug-likeness (QED) is 0.767. The van der Waals surface area contributed by atoms with Gasteiger partial charge in [-0.05, 0) is 31.1 Å². The first-order chi connectivity index (χ1) is 6.89. The fraction of sp³-hybridized carbons (Fsp3) is 0.909. The summed E-state index contributed by atoms with van der Waals surface area (Å²) in [5.74, 6) is -4.20. The molecular formula is C11H15F2NO. The first-order valence-electron chi connectivity index (χ1n) is 5.59. The molecule has 0 radical (unpaired) electrons. The van der Waals surface area contributed by atoms with Gasteiger partial charge in [0.25, 0.3) is 5.92 Å². The first-order valence-corrected chi connectivity index (χ1v) is 5.59. The Labute approximate surface area is 87.4 Å². The van der Waals surface area contributed by atoms with Crippen LogP contribution in [0.1, 0.15) is 39.0 Å². The van der Waals surface area contributed by atoms with Crippen LogP contribution < -0.4 is 5.32 Å². The van der Waals surface area contributed by atoms with Gasteiger partial charge in [0.05, 0.1) is 0 Å². The van der Waals surface area contributed by atoms with Crippen LogP contribution in [0.15, 0.2) is 0 Å². The third-order valence-corrected chi connectivity index (χ3v) is 4.41. The van der Waals surface area contributed by atoms with Crippen molar-refractivity contribution in [2.24, 2.45) is 11.3 Å². The van der Waals surface area contributed by atoms with E-state index in [2.05, 4.69) is 12.2 Å². The monoisotopic (exact) mass is 215 g/mol. The van der Waals surface area contributed by atoms with Gasteiger partial charge in [0.2, 0.25) is 5.91 Å². The van der Waals surface area contributed by atoms with Crippen LogP contribution in [-0.4, -0.2) is 17.4 Å². The van der Waals surface area contributed by atoms with Gasteiger partial charge in [-0.15, -0.1) is 0 Å². The second-order valence-electron chi connectivity index (χ2n) is 5.65. The smallest absolute Gasteiger partial charge is 0.260 e. The Bertz CT molecular complexity index is 331. The molecule has 15 heavy (non-hydrogen) atoms. The van der Waals surface area contributed by atoms with Gasteiger partial charge < -0.3 is 5.32 Å². The molecule has 3 rings (SSSR count). The van der Waals surface area contributed by atoms with Crippen molar-refractivity contribution in [1.29, 1.82) is 0 Å². The van der Waals surface area contributed by atoms with E-state index in [1.165, 1.54) is 0 Å². The van der Waals surface area contributed by atoms with Crippen molar-refractivity contribution in [2.75, 3.05) is 0 Å². The van der Waals surface area contributed by atoms with E-state index in [-0.39, 0.29) is 17.4 Å². The zero-order valence-electron chi connectivity index (χ0n) is 8.78. The lowest BCUT2D eigenvalue weighted by Crippen LogP contribution is -2.44. The van der Waals surface area contributed by atoms with Crippen LogP contribution in [0.2, 0.25) is 0 Å². The van der Waals surface area contributed by atoms with Crippen LogP contribution >= 0.6 is 0 Å². The van der Waals surface area contributed by atoms with Gasteiger partial charge in [-0.1, -0.05) is 6.92 Å². The Morgan fingerprint density at radius 2 is 1.80 bits per heavy atom. The van der Waals surface area contributed by atoms with Crippen molar-refractivity contribution >= 4 is 5.91 Å². The number of rotatable bonds is 3. The van der Waals surface area contributed by atoms with Crippen molar-refractivity contribution in [3.63, 3.8) is 0 Å². The van der Waals surface area contributed by atoms with Gasteiger partial charge >= 0.3 is 0 Å². The van der Waals surface area contributed by atoms with Crippen molar-refractivity contribution in [2.45, 2.75) is 50.5 Å². The maximum Gasteiger partial charge on any atom is 0.260 e. The number of amides is 1. The fourth-order valence-corrected chi connectivity index (χ4v) is 2.49. The lowest BCUT2D eigenvalue weighted by Gasteiger charge is -2.24. The number of alkyl halides is 2. The summed E-state index contributed by atoms with van der Waals surface area (Å²) in [6.45, 7) is 2.14. The summed E-state index contributed by atoms with van der Waals surface area (Å²) in [7, 11) is 0. The van der Waals surface area contributed by atoms with Gasteiger partial charge in [0, 0.05) is 12.0 Å². The summed E-state index contributed by atoms with van der Waals surface area (Å²) in [5.41, 5.74) is 0.0790. The summed E-state index contributed by atoms with van der Waals surface area (Å²) >= 11 is 0. The minimum absolute atomic E-state index is 0.122. The first kappa shape index (κ1) is 9.55. The Hall–Kier alpha value is -0.670. The molecule has 3 aliphatic rings. The SMILES string of the molecule is CC1(C2(NC(=O)C3CC3(F)F)CC2)CC1. The molecule has 2 nitrogen and oxygen atoms in total. The van der Waals surface area contributed by atoms with E-state index in [9.17, 15) is 13.6 Å². The minimum atomic E-state index is -2.73. The van der Waals surface area contributed by atoms with E-state index in [0.717, 1.165) is 25.7 Å². The highest BCUT2D eigenvalue weighted by Gasteiger charge is 2.67. The van der Waals surface area contributed by atoms with E-state index in [0.29, 0.717) is 0 Å². The van der Waals surface area contributed by atoms with Crippen LogP contribution in [0.4, 0.5) is 8.78 Å². The molecule has 0 spiro atoms. The van der Waals surface area contributed by atoms with Crippen molar-refractivity contribution < 1.29 is 13.6 Å². The molecule has 0 aliphatic heterocycles. The average molecular weight is 215 g/mol. The van der Waals surface area contributed by atoms with E-state index in [1.54, 1.807) is 0 Å². The molecule has 1 unspecified atom stereocenters. The molecule has 4 heteroatoms. The third-order valence-electron chi connectivity index (χ3n) is 4.41. The molecule has 84 valence electrons. The number of halogens is 2. The molecule has 1 atom stereocenters. The van der Waals surface area contributed by atoms with E-state index < -0.39 is 17.7 Å². The number of nitrogens with one attached hydrogen (secondary N) is 1. The molecular weight excluding hydrogens is 200 g/mol. The van der Waals surface area contributed by atoms with Gasteiger partial charge in [-0.25, -0.2) is 8.78 Å². The average Bonchev–Trinajstić information content (AvgIpc) is 2.93. The van der Waals surface area contributed by atoms with Crippen LogP contribution in [0.25, 0.3) is 0 Å². The highest BCUT2D eigenvalue weighted by atomic mass is 19.3. The zero-order chi connectivity index (χ0) is 10.9. The lowest BCUT2D eigenvalue weighted by atomic mass is 9.96. The molecule has 0 aromatic carbocycles. The van der Waals surface area contributed by atoms with Gasteiger partial charge in [-0.3, -0.25) is 4.79 Å². The highest BCUT2D eigenvalue weighted by molar-refractivity contribution is 5.84. The zero-order valence-corrected chi connectivity index (χ0v) is 8.78. The molecule has 0 bridgehead atoms. The number of carbonyl (C=O) groups is 1. The fourth-order valence-electron chi connectivity index (χ4n) is 2.49. The number of hydrogen-bond donors (Lipinski definition) is 1. The number of hydrogen-bond acceptors (Lipinski definition) is 1. The second kappa shape index (κ2) is 2.36. The van der Waals surface area contributed by atoms with Crippen LogP contribution in [0.5, 0.6) is 0 Å². The molecule has 3 saturated carbocycles. The molecule has 1 N–H and O–H groups in total. The van der Waals surface area contributed by atoms with Gasteiger partial charge in [0.15, 0.2) is 0 Å². The molecule has 0 aromatic heterocycles. The summed E-state index contributed by atoms with van der Waals surface area (Å²) < 4.78 is 25.4. The molecule has 0 heterocycles. The third kappa shape index (κ3) is 1.30. The molecule has 0 aromatic rings. The van der Waals surface area contributed by atoms with Crippen LogP contribution in [0, 0.1) is 11.3 Å². The molecule has 3 aliphatic carbocycles. The van der Waals surface area contributed by atoms with Gasteiger partial charge in [0.1, 0.15) is 5.92 Å². The van der Waals surface area contributed by atoms with Crippen molar-refractivity contribution in [3.8, 4) is 0 Å². The summed E-state index contributed by atoms with van der Waals surface area (Å²) in [6, 6.07) is 0. The Balaban J connectivity index is 1.64. The van der Waals surface area contributed by atoms with Crippen molar-refractivity contribution in [3.05, 3.63) is 0 Å². The molecule has 3 fully saturated rings. The Morgan fingerprint density at radius 1 is 1.27 bits per heavy atom. The molecule has 0 saturated heterocycles. The van der Waals surface area contributed by atoms with E-state index in [4.69, 9.17) is 0 Å². The predicted octanol–water partition coefficient (Wildman–Crippen LogP) is 2.09. The summed E-state index contributed by atoms with van der Waals surface area (Å²) in [4.78, 5) is 11.6. The van der Waals surface area contributed by atoms with Crippen molar-refractivity contribution in [1.82, 2.24) is 5.32 Å². The van der Waals surface area contributed by atoms with Crippen LogP contribution in [0.3, 0.4) is 0 Å². The van der Waals surface area contributed by atoms with Gasteiger partial charge in [-0.2, -0.15) is 0 Å². The topological polar surface area (TPSA) is 29.1 Å². The molecule has 1 amide bonds. The summed E-state index contributed by atoms with van der Waals surface area (Å²) in [5, 5.41) is 2.87. The Kier molecular flexibility index (Phi) is 1.50. The van der Waals surface area contributed by atoms with Crippen LogP contribution in [-0.2, 0) is 4.79 Å². The largest absolute Gasteiger partial charge is 0.350 e. The maximum absolute atomic E-state index is 12.7. The van der Waals surface area contributed by atoms with E-state index >= 15 is 0 Å². The Morgan fingerprint density at radius 3 is 2.13 bits per heavy atom. The van der Waals surface area contributed by atoms with E-state index in [1.807, 2.05) is 0 Å². The predicted molar refractivity (Wildman–Crippen MR) is 50.5 cm³/mol. The maximum atomic E-state index is 12.7. The highest BCUT2D eigenvalue weighted by Crippen LogP contribution is 2.64. The normalized spacial score (nSPS) is 36.9. The lowest BCUT2D eigenvalue weighted by molar-refractivity contribution is -0.126. The summed E-state index contributed by atoms with van der Waals surface area (Å²) in [6.07, 6.45) is 3.91.